The lowest BCUT2D eigenvalue weighted by molar-refractivity contribution is -0.870. The van der Waals surface area contributed by atoms with E-state index in [1.165, 1.54) is 64.3 Å². The Morgan fingerprint density at radius 2 is 1.06 bits per heavy atom. The predicted octanol–water partition coefficient (Wildman–Crippen LogP) is 4.51. The van der Waals surface area contributed by atoms with Gasteiger partial charge in [-0.15, -0.1) is 0 Å². The summed E-state index contributed by atoms with van der Waals surface area (Å²) in [6, 6.07) is 0. The maximum Gasteiger partial charge on any atom is 0.214 e. The second-order valence-corrected chi connectivity index (χ2v) is 6.43. The van der Waals surface area contributed by atoms with Crippen molar-refractivity contribution in [1.82, 2.24) is 0 Å². The van der Waals surface area contributed by atoms with Crippen LogP contribution in [-0.2, 0) is 0 Å². The Labute approximate surface area is 115 Å². The standard InChI is InChI=1S/C16H33N2/c1-17-15-13-11-9-7-5-6-8-10-12-14-16-18(2,3)4/h5-16H2,2-4H3/q+1. The average Bonchev–Trinajstić information content (AvgIpc) is 2.29. The first-order chi connectivity index (χ1) is 8.56. The van der Waals surface area contributed by atoms with Crippen LogP contribution in [0.25, 0.3) is 4.85 Å². The lowest BCUT2D eigenvalue weighted by Crippen LogP contribution is -2.35. The molecule has 0 aromatic carbocycles. The van der Waals surface area contributed by atoms with Gasteiger partial charge in [0.05, 0.1) is 27.7 Å². The highest BCUT2D eigenvalue weighted by Gasteiger charge is 2.04. The van der Waals surface area contributed by atoms with E-state index in [1.807, 2.05) is 0 Å². The predicted molar refractivity (Wildman–Crippen MR) is 80.5 cm³/mol. The lowest BCUT2D eigenvalue weighted by atomic mass is 10.1. The van der Waals surface area contributed by atoms with Crippen molar-refractivity contribution >= 4 is 0 Å². The van der Waals surface area contributed by atoms with Gasteiger partial charge in [0.15, 0.2) is 0 Å². The fourth-order valence-electron chi connectivity index (χ4n) is 2.19. The molecule has 2 nitrogen and oxygen atoms in total. The molecule has 106 valence electrons. The van der Waals surface area contributed by atoms with E-state index in [0.717, 1.165) is 17.4 Å². The van der Waals surface area contributed by atoms with E-state index >= 15 is 0 Å². The van der Waals surface area contributed by atoms with Gasteiger partial charge in [-0.3, -0.25) is 0 Å². The molecule has 0 heterocycles. The van der Waals surface area contributed by atoms with Gasteiger partial charge in [-0.2, -0.15) is 0 Å². The smallest absolute Gasteiger partial charge is 0.214 e. The second kappa shape index (κ2) is 11.5. The van der Waals surface area contributed by atoms with Crippen molar-refractivity contribution in [3.05, 3.63) is 11.4 Å². The van der Waals surface area contributed by atoms with Gasteiger partial charge in [0.2, 0.25) is 6.54 Å². The fraction of sp³-hybridized carbons (Fsp3) is 0.938. The lowest BCUT2D eigenvalue weighted by Gasteiger charge is -2.23. The topological polar surface area (TPSA) is 4.36 Å². The highest BCUT2D eigenvalue weighted by Crippen LogP contribution is 2.11. The first-order valence-corrected chi connectivity index (χ1v) is 7.70. The summed E-state index contributed by atoms with van der Waals surface area (Å²) in [6.45, 7) is 8.73. The van der Waals surface area contributed by atoms with Gasteiger partial charge in [0, 0.05) is 6.42 Å². The van der Waals surface area contributed by atoms with Crippen molar-refractivity contribution in [2.24, 2.45) is 0 Å². The molecule has 0 rings (SSSR count). The molecule has 0 aromatic rings. The van der Waals surface area contributed by atoms with Crippen LogP contribution in [-0.4, -0.2) is 38.7 Å². The number of unbranched alkanes of at least 4 members (excludes halogenated alkanes) is 9. The summed E-state index contributed by atoms with van der Waals surface area (Å²) < 4.78 is 1.10. The summed E-state index contributed by atoms with van der Waals surface area (Å²) in [5.41, 5.74) is 0. The molecule has 0 amide bonds. The second-order valence-electron chi connectivity index (χ2n) is 6.43. The van der Waals surface area contributed by atoms with Crippen molar-refractivity contribution in [2.75, 3.05) is 34.2 Å². The van der Waals surface area contributed by atoms with Crippen molar-refractivity contribution in [1.29, 1.82) is 0 Å². The number of hydrogen-bond donors (Lipinski definition) is 0. The molecule has 0 aromatic heterocycles. The van der Waals surface area contributed by atoms with Crippen LogP contribution in [0.4, 0.5) is 0 Å². The molecule has 2 heteroatoms. The van der Waals surface area contributed by atoms with Crippen LogP contribution in [0.5, 0.6) is 0 Å². The molecule has 18 heavy (non-hydrogen) atoms. The van der Waals surface area contributed by atoms with Gasteiger partial charge < -0.3 is 9.33 Å². The summed E-state index contributed by atoms with van der Waals surface area (Å²) in [5.74, 6) is 0. The van der Waals surface area contributed by atoms with Crippen molar-refractivity contribution < 1.29 is 4.48 Å². The molecule has 0 bridgehead atoms. The zero-order valence-electron chi connectivity index (χ0n) is 12.9. The van der Waals surface area contributed by atoms with Crippen LogP contribution in [0.2, 0.25) is 0 Å². The third kappa shape index (κ3) is 15.4. The van der Waals surface area contributed by atoms with E-state index in [2.05, 4.69) is 26.0 Å². The first-order valence-electron chi connectivity index (χ1n) is 7.70. The Morgan fingerprint density at radius 1 is 0.667 bits per heavy atom. The van der Waals surface area contributed by atoms with Crippen LogP contribution in [0.1, 0.15) is 64.2 Å². The highest BCUT2D eigenvalue weighted by atomic mass is 15.3. The number of quaternary nitrogens is 1. The number of hydrogen-bond acceptors (Lipinski definition) is 0. The maximum atomic E-state index is 6.69. The molecule has 0 aliphatic carbocycles. The molecule has 0 unspecified atom stereocenters. The zero-order valence-corrected chi connectivity index (χ0v) is 12.9. The minimum atomic E-state index is 0.728. The Hall–Kier alpha value is -0.550. The van der Waals surface area contributed by atoms with E-state index in [0.29, 0.717) is 0 Å². The monoisotopic (exact) mass is 253 g/mol. The molecule has 0 aliphatic rings. The summed E-state index contributed by atoms with van der Waals surface area (Å²) in [7, 11) is 6.82. The highest BCUT2D eigenvalue weighted by molar-refractivity contribution is 4.58. The molecule has 0 aliphatic heterocycles. The van der Waals surface area contributed by atoms with Crippen LogP contribution >= 0.6 is 0 Å². The minimum Gasteiger partial charge on any atom is -0.331 e. The Bertz CT molecular complexity index is 210. The van der Waals surface area contributed by atoms with Crippen LogP contribution in [0, 0.1) is 6.57 Å². The third-order valence-corrected chi connectivity index (χ3v) is 3.35. The molecule has 0 spiro atoms. The Kier molecular flexibility index (Phi) is 11.2. The molecular weight excluding hydrogens is 220 g/mol. The molecule has 0 saturated heterocycles. The van der Waals surface area contributed by atoms with E-state index in [9.17, 15) is 0 Å². The van der Waals surface area contributed by atoms with Crippen LogP contribution < -0.4 is 0 Å². The van der Waals surface area contributed by atoms with Crippen molar-refractivity contribution in [2.45, 2.75) is 64.2 Å². The maximum absolute atomic E-state index is 6.69. The molecule has 0 N–H and O–H groups in total. The molecule has 0 radical (unpaired) electrons. The van der Waals surface area contributed by atoms with E-state index in [1.54, 1.807) is 0 Å². The van der Waals surface area contributed by atoms with Gasteiger partial charge in [0.1, 0.15) is 0 Å². The average molecular weight is 253 g/mol. The number of nitrogens with zero attached hydrogens (tertiary/aromatic N) is 2. The van der Waals surface area contributed by atoms with Gasteiger partial charge >= 0.3 is 0 Å². The van der Waals surface area contributed by atoms with E-state index in [-0.39, 0.29) is 0 Å². The molecule has 0 fully saturated rings. The largest absolute Gasteiger partial charge is 0.331 e. The SMILES string of the molecule is [C-]#[N+]CCCCCCCCCCCC[N+](C)(C)C. The molecule has 0 atom stereocenters. The van der Waals surface area contributed by atoms with Gasteiger partial charge in [-0.25, -0.2) is 6.57 Å². The fourth-order valence-corrected chi connectivity index (χ4v) is 2.19. The summed E-state index contributed by atoms with van der Waals surface area (Å²) in [4.78, 5) is 3.38. The van der Waals surface area contributed by atoms with Crippen molar-refractivity contribution in [3.8, 4) is 0 Å². The van der Waals surface area contributed by atoms with Crippen molar-refractivity contribution in [3.63, 3.8) is 0 Å². The summed E-state index contributed by atoms with van der Waals surface area (Å²) in [5, 5.41) is 0. The normalized spacial score (nSPS) is 11.4. The summed E-state index contributed by atoms with van der Waals surface area (Å²) >= 11 is 0. The molecular formula is C16H33N2+. The summed E-state index contributed by atoms with van der Waals surface area (Å²) in [6.07, 6.45) is 13.5. The zero-order chi connectivity index (χ0) is 13.7. The van der Waals surface area contributed by atoms with E-state index in [4.69, 9.17) is 6.57 Å². The third-order valence-electron chi connectivity index (χ3n) is 3.35. The van der Waals surface area contributed by atoms with Crippen LogP contribution in [0.15, 0.2) is 0 Å². The van der Waals surface area contributed by atoms with Gasteiger partial charge in [0.25, 0.3) is 0 Å². The number of rotatable bonds is 12. The minimum absolute atomic E-state index is 0.728. The van der Waals surface area contributed by atoms with E-state index < -0.39 is 0 Å². The van der Waals surface area contributed by atoms with Crippen LogP contribution in [0.3, 0.4) is 0 Å². The van der Waals surface area contributed by atoms with Gasteiger partial charge in [-0.05, 0) is 19.3 Å². The quantitative estimate of drug-likeness (QED) is 0.274. The Morgan fingerprint density at radius 3 is 1.44 bits per heavy atom. The van der Waals surface area contributed by atoms with Gasteiger partial charge in [-0.1, -0.05) is 38.5 Å². The Balaban J connectivity index is 3.02. The first kappa shape index (κ1) is 17.4. The molecule has 0 saturated carbocycles.